The van der Waals surface area contributed by atoms with Crippen LogP contribution >= 0.6 is 22.7 Å². The molecule has 0 bridgehead atoms. The highest BCUT2D eigenvalue weighted by Gasteiger charge is 2.32. The van der Waals surface area contributed by atoms with Gasteiger partial charge in [-0.1, -0.05) is 12.1 Å². The smallest absolute Gasteiger partial charge is 0.344 e. The fourth-order valence-electron chi connectivity index (χ4n) is 2.20. The predicted octanol–water partition coefficient (Wildman–Crippen LogP) is 3.60. The maximum atomic E-state index is 12.0. The fraction of sp³-hybridized carbons (Fsp3) is 0. The molecule has 0 fully saturated rings. The van der Waals surface area contributed by atoms with Gasteiger partial charge in [-0.2, -0.15) is 0 Å². The van der Waals surface area contributed by atoms with Crippen LogP contribution in [0, 0.1) is 0 Å². The third kappa shape index (κ3) is 2.13. The van der Waals surface area contributed by atoms with Crippen molar-refractivity contribution in [3.8, 4) is 0 Å². The van der Waals surface area contributed by atoms with Crippen molar-refractivity contribution in [3.63, 3.8) is 0 Å². The van der Waals surface area contributed by atoms with Gasteiger partial charge in [0.2, 0.25) is 0 Å². The van der Waals surface area contributed by atoms with Crippen LogP contribution in [0.25, 0.3) is 11.5 Å². The second-order valence-corrected chi connectivity index (χ2v) is 6.47. The molecule has 4 heterocycles. The SMILES string of the molecule is O=C1OC(c2cccs2)=CC1=C1C=C(c2cccs2)OC1=O. The van der Waals surface area contributed by atoms with Gasteiger partial charge in [-0.3, -0.25) is 0 Å². The van der Waals surface area contributed by atoms with Crippen LogP contribution in [0.15, 0.2) is 58.3 Å². The largest absolute Gasteiger partial charge is 0.421 e. The Bertz CT molecular complexity index is 780. The number of hydrogen-bond donors (Lipinski definition) is 0. The Balaban J connectivity index is 1.77. The Hall–Kier alpha value is -2.44. The van der Waals surface area contributed by atoms with Crippen LogP contribution in [0.4, 0.5) is 0 Å². The third-order valence-electron chi connectivity index (χ3n) is 3.21. The maximum absolute atomic E-state index is 12.0. The highest BCUT2D eigenvalue weighted by atomic mass is 32.1. The summed E-state index contributed by atoms with van der Waals surface area (Å²) in [5, 5.41) is 3.79. The summed E-state index contributed by atoms with van der Waals surface area (Å²) in [6, 6.07) is 7.46. The molecule has 0 radical (unpaired) electrons. The van der Waals surface area contributed by atoms with E-state index in [4.69, 9.17) is 9.47 Å². The molecule has 0 aromatic carbocycles. The standard InChI is InChI=1S/C16H8O4S2/c17-15-9(7-11(19-15)13-3-1-5-21-13)10-8-12(20-16(10)18)14-4-2-6-22-14/h1-8H. The van der Waals surface area contributed by atoms with Gasteiger partial charge in [0.05, 0.1) is 20.9 Å². The van der Waals surface area contributed by atoms with E-state index in [0.717, 1.165) is 9.75 Å². The predicted molar refractivity (Wildman–Crippen MR) is 83.8 cm³/mol. The maximum Gasteiger partial charge on any atom is 0.344 e. The van der Waals surface area contributed by atoms with Gasteiger partial charge >= 0.3 is 11.9 Å². The lowest BCUT2D eigenvalue weighted by atomic mass is 10.1. The molecule has 0 saturated heterocycles. The first-order valence-corrected chi connectivity index (χ1v) is 8.18. The van der Waals surface area contributed by atoms with Gasteiger partial charge in [0.25, 0.3) is 0 Å². The molecule has 0 spiro atoms. The number of cyclic esters (lactones) is 2. The zero-order valence-corrected chi connectivity index (χ0v) is 12.7. The van der Waals surface area contributed by atoms with Crippen molar-refractivity contribution in [1.82, 2.24) is 0 Å². The third-order valence-corrected chi connectivity index (χ3v) is 4.98. The molecule has 0 unspecified atom stereocenters. The Morgan fingerprint density at radius 2 is 1.18 bits per heavy atom. The lowest BCUT2D eigenvalue weighted by molar-refractivity contribution is -0.133. The minimum absolute atomic E-state index is 0.236. The number of hydrogen-bond acceptors (Lipinski definition) is 6. The molecule has 2 aromatic rings. The molecule has 108 valence electrons. The Labute approximate surface area is 133 Å². The van der Waals surface area contributed by atoms with Crippen molar-refractivity contribution in [3.05, 3.63) is 68.1 Å². The summed E-state index contributed by atoms with van der Waals surface area (Å²) in [5.74, 6) is -0.125. The first-order chi connectivity index (χ1) is 10.7. The van der Waals surface area contributed by atoms with E-state index in [1.165, 1.54) is 22.7 Å². The molecule has 4 nitrogen and oxygen atoms in total. The molecule has 0 atom stereocenters. The molecule has 4 rings (SSSR count). The van der Waals surface area contributed by atoms with Gasteiger partial charge in [-0.25, -0.2) is 9.59 Å². The summed E-state index contributed by atoms with van der Waals surface area (Å²) in [7, 11) is 0. The van der Waals surface area contributed by atoms with E-state index in [2.05, 4.69) is 0 Å². The highest BCUT2D eigenvalue weighted by molar-refractivity contribution is 7.11. The molecule has 0 aliphatic carbocycles. The van der Waals surface area contributed by atoms with E-state index in [1.54, 1.807) is 12.2 Å². The number of rotatable bonds is 2. The zero-order chi connectivity index (χ0) is 15.1. The van der Waals surface area contributed by atoms with Crippen LogP contribution in [-0.2, 0) is 19.1 Å². The summed E-state index contributed by atoms with van der Waals surface area (Å²) in [5.41, 5.74) is 0.472. The molecule has 2 aliphatic rings. The normalized spacial score (nSPS) is 20.7. The molecule has 2 aromatic heterocycles. The second-order valence-electron chi connectivity index (χ2n) is 4.58. The molecule has 0 saturated carbocycles. The van der Waals surface area contributed by atoms with Crippen LogP contribution in [0.5, 0.6) is 0 Å². The minimum atomic E-state index is -0.529. The Kier molecular flexibility index (Phi) is 3.06. The number of ether oxygens (including phenoxy) is 2. The number of thiophene rings is 2. The number of carbonyl (C=O) groups excluding carboxylic acids is 2. The van der Waals surface area contributed by atoms with Gasteiger partial charge in [-0.15, -0.1) is 22.7 Å². The fourth-order valence-corrected chi connectivity index (χ4v) is 3.56. The molecular formula is C16H8O4S2. The summed E-state index contributed by atoms with van der Waals surface area (Å²) >= 11 is 2.94. The van der Waals surface area contributed by atoms with E-state index in [9.17, 15) is 9.59 Å². The van der Waals surface area contributed by atoms with Crippen LogP contribution in [-0.4, -0.2) is 11.9 Å². The number of esters is 2. The second kappa shape index (κ2) is 5.08. The van der Waals surface area contributed by atoms with Crippen molar-refractivity contribution in [2.45, 2.75) is 0 Å². The Morgan fingerprint density at radius 3 is 1.55 bits per heavy atom. The summed E-state index contributed by atoms with van der Waals surface area (Å²) in [6.07, 6.45) is 3.19. The molecule has 22 heavy (non-hydrogen) atoms. The van der Waals surface area contributed by atoms with Gasteiger partial charge in [0, 0.05) is 0 Å². The van der Waals surface area contributed by atoms with Crippen LogP contribution in [0.3, 0.4) is 0 Å². The number of carbonyl (C=O) groups is 2. The molecule has 0 amide bonds. The monoisotopic (exact) mass is 328 g/mol. The van der Waals surface area contributed by atoms with Gasteiger partial charge < -0.3 is 9.47 Å². The van der Waals surface area contributed by atoms with E-state index in [1.807, 2.05) is 35.0 Å². The van der Waals surface area contributed by atoms with Crippen molar-refractivity contribution >= 4 is 46.1 Å². The Morgan fingerprint density at radius 1 is 0.727 bits per heavy atom. The van der Waals surface area contributed by atoms with Crippen LogP contribution in [0.1, 0.15) is 9.75 Å². The molecular weight excluding hydrogens is 320 g/mol. The molecule has 6 heteroatoms. The van der Waals surface area contributed by atoms with E-state index < -0.39 is 11.9 Å². The topological polar surface area (TPSA) is 52.6 Å². The van der Waals surface area contributed by atoms with Crippen molar-refractivity contribution in [2.24, 2.45) is 0 Å². The van der Waals surface area contributed by atoms with Crippen molar-refractivity contribution < 1.29 is 19.1 Å². The average Bonchev–Trinajstić information content (AvgIpc) is 3.25. The van der Waals surface area contributed by atoms with Crippen LogP contribution < -0.4 is 0 Å². The lowest BCUT2D eigenvalue weighted by Gasteiger charge is -1.97. The summed E-state index contributed by atoms with van der Waals surface area (Å²) < 4.78 is 10.5. The minimum Gasteiger partial charge on any atom is -0.421 e. The molecule has 0 N–H and O–H groups in total. The summed E-state index contributed by atoms with van der Waals surface area (Å²) in [4.78, 5) is 25.8. The van der Waals surface area contributed by atoms with E-state index >= 15 is 0 Å². The quantitative estimate of drug-likeness (QED) is 0.624. The zero-order valence-electron chi connectivity index (χ0n) is 11.1. The molecule has 2 aliphatic heterocycles. The van der Waals surface area contributed by atoms with Crippen molar-refractivity contribution in [1.29, 1.82) is 0 Å². The first kappa shape index (κ1) is 13.2. The highest BCUT2D eigenvalue weighted by Crippen LogP contribution is 2.35. The van der Waals surface area contributed by atoms with Gasteiger partial charge in [0.1, 0.15) is 11.5 Å². The van der Waals surface area contributed by atoms with Crippen LogP contribution in [0.2, 0.25) is 0 Å². The lowest BCUT2D eigenvalue weighted by Crippen LogP contribution is -2.05. The van der Waals surface area contributed by atoms with Crippen molar-refractivity contribution in [2.75, 3.05) is 0 Å². The van der Waals surface area contributed by atoms with Gasteiger partial charge in [0.15, 0.2) is 0 Å². The van der Waals surface area contributed by atoms with E-state index in [-0.39, 0.29) is 11.1 Å². The van der Waals surface area contributed by atoms with E-state index in [0.29, 0.717) is 11.5 Å². The average molecular weight is 328 g/mol. The summed E-state index contributed by atoms with van der Waals surface area (Å²) in [6.45, 7) is 0. The first-order valence-electron chi connectivity index (χ1n) is 6.42. The van der Waals surface area contributed by atoms with Gasteiger partial charge in [-0.05, 0) is 35.0 Å².